The number of carbonyl (C=O) groups is 1. The number of hydrogen-bond acceptors (Lipinski definition) is 5. The summed E-state index contributed by atoms with van der Waals surface area (Å²) in [5.74, 6) is 1.12. The van der Waals surface area contributed by atoms with Crippen LogP contribution in [0.25, 0.3) is 10.9 Å². The zero-order valence-electron chi connectivity index (χ0n) is 15.4. The first-order chi connectivity index (χ1) is 13.3. The molecule has 4 rings (SSSR count). The maximum atomic E-state index is 12.7. The lowest BCUT2D eigenvalue weighted by Crippen LogP contribution is -2.36. The number of amides is 1. The lowest BCUT2D eigenvalue weighted by atomic mass is 9.84. The summed E-state index contributed by atoms with van der Waals surface area (Å²) in [5.41, 5.74) is 1.65. The van der Waals surface area contributed by atoms with E-state index in [2.05, 4.69) is 10.3 Å². The van der Waals surface area contributed by atoms with E-state index in [9.17, 15) is 14.9 Å². The van der Waals surface area contributed by atoms with Gasteiger partial charge in [-0.3, -0.25) is 14.9 Å². The summed E-state index contributed by atoms with van der Waals surface area (Å²) in [6.45, 7) is 4.63. The molecule has 0 saturated heterocycles. The Kier molecular flexibility index (Phi) is 4.18. The minimum atomic E-state index is -0.475. The van der Waals surface area contributed by atoms with Gasteiger partial charge in [-0.15, -0.1) is 0 Å². The smallest absolute Gasteiger partial charge is 0.270 e. The zero-order valence-corrected chi connectivity index (χ0v) is 15.4. The number of carbonyl (C=O) groups excluding carboxylic acids is 1. The van der Waals surface area contributed by atoms with Crippen LogP contribution in [0.5, 0.6) is 11.5 Å². The van der Waals surface area contributed by atoms with E-state index >= 15 is 0 Å². The van der Waals surface area contributed by atoms with E-state index in [1.165, 1.54) is 12.1 Å². The highest BCUT2D eigenvalue weighted by atomic mass is 16.7. The molecule has 0 atom stereocenters. The number of aromatic amines is 1. The Hall–Kier alpha value is -3.55. The van der Waals surface area contributed by atoms with Gasteiger partial charge in [-0.25, -0.2) is 0 Å². The van der Waals surface area contributed by atoms with Crippen molar-refractivity contribution in [2.24, 2.45) is 0 Å². The van der Waals surface area contributed by atoms with Gasteiger partial charge in [-0.1, -0.05) is 19.9 Å². The standard InChI is InChI=1S/C20H19N3O5/c1-20(2,12-3-6-17-18(7-12)28-11-27-17)10-22-19(24)15-9-21-16-5-4-13(23(25)26)8-14(15)16/h3-9,21H,10-11H2,1-2H3,(H,22,24). The Morgan fingerprint density at radius 1 is 1.21 bits per heavy atom. The molecule has 1 amide bonds. The second-order valence-corrected chi connectivity index (χ2v) is 7.32. The SMILES string of the molecule is CC(C)(CNC(=O)c1c[nH]c2ccc([N+](=O)[O-])cc12)c1ccc2c(c1)OCO2. The quantitative estimate of drug-likeness (QED) is 0.519. The maximum Gasteiger partial charge on any atom is 0.270 e. The first-order valence-electron chi connectivity index (χ1n) is 8.79. The number of nitrogens with zero attached hydrogens (tertiary/aromatic N) is 1. The van der Waals surface area contributed by atoms with E-state index in [1.54, 1.807) is 12.3 Å². The number of fused-ring (bicyclic) bond motifs is 2. The monoisotopic (exact) mass is 381 g/mol. The predicted octanol–water partition coefficient (Wildman–Crippen LogP) is 3.51. The molecule has 2 N–H and O–H groups in total. The van der Waals surface area contributed by atoms with E-state index in [4.69, 9.17) is 9.47 Å². The van der Waals surface area contributed by atoms with Crippen molar-refractivity contribution in [3.8, 4) is 11.5 Å². The molecule has 2 heterocycles. The molecule has 0 radical (unpaired) electrons. The Bertz CT molecular complexity index is 1090. The second kappa shape index (κ2) is 6.56. The molecule has 1 aliphatic heterocycles. The zero-order chi connectivity index (χ0) is 19.9. The highest BCUT2D eigenvalue weighted by Gasteiger charge is 2.25. The summed E-state index contributed by atoms with van der Waals surface area (Å²) in [5, 5.41) is 14.5. The number of ether oxygens (including phenoxy) is 2. The number of benzene rings is 2. The van der Waals surface area contributed by atoms with Crippen molar-refractivity contribution in [3.63, 3.8) is 0 Å². The maximum absolute atomic E-state index is 12.7. The van der Waals surface area contributed by atoms with Gasteiger partial charge in [0.15, 0.2) is 11.5 Å². The Balaban J connectivity index is 1.53. The number of rotatable bonds is 5. The van der Waals surface area contributed by atoms with Crippen LogP contribution in [-0.2, 0) is 5.41 Å². The molecule has 0 fully saturated rings. The number of nitrogens with one attached hydrogen (secondary N) is 2. The number of aromatic nitrogens is 1. The molecule has 28 heavy (non-hydrogen) atoms. The van der Waals surface area contributed by atoms with E-state index in [-0.39, 0.29) is 23.8 Å². The van der Waals surface area contributed by atoms with Gasteiger partial charge >= 0.3 is 0 Å². The lowest BCUT2D eigenvalue weighted by Gasteiger charge is -2.26. The van der Waals surface area contributed by atoms with Crippen LogP contribution < -0.4 is 14.8 Å². The van der Waals surface area contributed by atoms with Crippen molar-refractivity contribution >= 4 is 22.5 Å². The van der Waals surface area contributed by atoms with Crippen molar-refractivity contribution in [2.75, 3.05) is 13.3 Å². The van der Waals surface area contributed by atoms with Crippen molar-refractivity contribution in [3.05, 3.63) is 63.8 Å². The third-order valence-electron chi connectivity index (χ3n) is 4.97. The van der Waals surface area contributed by atoms with Gasteiger partial charge in [0.2, 0.25) is 6.79 Å². The number of H-pyrrole nitrogens is 1. The van der Waals surface area contributed by atoms with Gasteiger partial charge < -0.3 is 19.8 Å². The topological polar surface area (TPSA) is 106 Å². The Morgan fingerprint density at radius 2 is 2.00 bits per heavy atom. The first kappa shape index (κ1) is 17.8. The molecule has 1 aliphatic rings. The van der Waals surface area contributed by atoms with Crippen LogP contribution >= 0.6 is 0 Å². The molecule has 0 spiro atoms. The molecule has 144 valence electrons. The number of non-ortho nitro benzene ring substituents is 1. The normalized spacial score (nSPS) is 12.9. The predicted molar refractivity (Wildman–Crippen MR) is 103 cm³/mol. The van der Waals surface area contributed by atoms with E-state index in [1.807, 2.05) is 32.0 Å². The van der Waals surface area contributed by atoms with Crippen molar-refractivity contribution in [1.29, 1.82) is 0 Å². The summed E-state index contributed by atoms with van der Waals surface area (Å²) >= 11 is 0. The van der Waals surface area contributed by atoms with Gasteiger partial charge in [-0.05, 0) is 23.8 Å². The van der Waals surface area contributed by atoms with Crippen molar-refractivity contribution in [2.45, 2.75) is 19.3 Å². The third-order valence-corrected chi connectivity index (χ3v) is 4.97. The van der Waals surface area contributed by atoms with Crippen LogP contribution in [0, 0.1) is 10.1 Å². The molecule has 8 nitrogen and oxygen atoms in total. The summed E-state index contributed by atoms with van der Waals surface area (Å²) in [6.07, 6.45) is 1.57. The largest absolute Gasteiger partial charge is 0.454 e. The van der Waals surface area contributed by atoms with Crippen LogP contribution in [0.3, 0.4) is 0 Å². The van der Waals surface area contributed by atoms with Crippen molar-refractivity contribution < 1.29 is 19.2 Å². The van der Waals surface area contributed by atoms with Crippen LogP contribution in [0.2, 0.25) is 0 Å². The summed E-state index contributed by atoms with van der Waals surface area (Å²) in [7, 11) is 0. The summed E-state index contributed by atoms with van der Waals surface area (Å²) in [6, 6.07) is 10.1. The van der Waals surface area contributed by atoms with Gasteiger partial charge in [0.1, 0.15) is 0 Å². The second-order valence-electron chi connectivity index (χ2n) is 7.32. The van der Waals surface area contributed by atoms with Crippen LogP contribution in [0.4, 0.5) is 5.69 Å². The van der Waals surface area contributed by atoms with Gasteiger partial charge in [0.25, 0.3) is 11.6 Å². The molecular formula is C20H19N3O5. The fourth-order valence-corrected chi connectivity index (χ4v) is 3.23. The Labute approximate surface area is 160 Å². The average molecular weight is 381 g/mol. The highest BCUT2D eigenvalue weighted by molar-refractivity contribution is 6.07. The first-order valence-corrected chi connectivity index (χ1v) is 8.79. The van der Waals surface area contributed by atoms with Gasteiger partial charge in [-0.2, -0.15) is 0 Å². The molecule has 1 aromatic heterocycles. The number of nitro benzene ring substituents is 1. The highest BCUT2D eigenvalue weighted by Crippen LogP contribution is 2.36. The molecule has 3 aromatic rings. The lowest BCUT2D eigenvalue weighted by molar-refractivity contribution is -0.384. The molecule has 2 aromatic carbocycles. The van der Waals surface area contributed by atoms with E-state index in [0.717, 1.165) is 5.56 Å². The molecule has 0 saturated carbocycles. The molecular weight excluding hydrogens is 362 g/mol. The summed E-state index contributed by atoms with van der Waals surface area (Å²) < 4.78 is 10.8. The number of nitro groups is 1. The average Bonchev–Trinajstić information content (AvgIpc) is 3.31. The third kappa shape index (κ3) is 3.13. The molecule has 0 unspecified atom stereocenters. The molecule has 0 aliphatic carbocycles. The minimum Gasteiger partial charge on any atom is -0.454 e. The van der Waals surface area contributed by atoms with Crippen LogP contribution in [0.15, 0.2) is 42.6 Å². The van der Waals surface area contributed by atoms with Crippen molar-refractivity contribution in [1.82, 2.24) is 10.3 Å². The fourth-order valence-electron chi connectivity index (χ4n) is 3.23. The molecule has 0 bridgehead atoms. The van der Waals surface area contributed by atoms with E-state index in [0.29, 0.717) is 34.5 Å². The van der Waals surface area contributed by atoms with Crippen LogP contribution in [0.1, 0.15) is 29.8 Å². The van der Waals surface area contributed by atoms with Gasteiger partial charge in [0, 0.05) is 41.2 Å². The van der Waals surface area contributed by atoms with Gasteiger partial charge in [0.05, 0.1) is 10.5 Å². The van der Waals surface area contributed by atoms with Crippen LogP contribution in [-0.4, -0.2) is 29.2 Å². The molecule has 8 heteroatoms. The Morgan fingerprint density at radius 3 is 2.79 bits per heavy atom. The van der Waals surface area contributed by atoms with E-state index < -0.39 is 4.92 Å². The fraction of sp³-hybridized carbons (Fsp3) is 0.250. The summed E-state index contributed by atoms with van der Waals surface area (Å²) in [4.78, 5) is 26.2. The number of hydrogen-bond donors (Lipinski definition) is 2. The minimum absolute atomic E-state index is 0.0539.